The number of thiazole rings is 1. The summed E-state index contributed by atoms with van der Waals surface area (Å²) in [5.74, 6) is 1.19. The summed E-state index contributed by atoms with van der Waals surface area (Å²) in [7, 11) is 1.59. The molecule has 3 aromatic rings. The Kier molecular flexibility index (Phi) is 5.69. The third-order valence-electron chi connectivity index (χ3n) is 3.51. The Hall–Kier alpha value is -2.95. The summed E-state index contributed by atoms with van der Waals surface area (Å²) in [5, 5.41) is 7.39. The van der Waals surface area contributed by atoms with Gasteiger partial charge < -0.3 is 10.6 Å². The predicted octanol–water partition coefficient (Wildman–Crippen LogP) is 2.61. The van der Waals surface area contributed by atoms with Crippen LogP contribution in [0.3, 0.4) is 0 Å². The van der Waals surface area contributed by atoms with Crippen molar-refractivity contribution in [1.29, 1.82) is 0 Å². The molecule has 0 aliphatic rings. The first-order valence-electron chi connectivity index (χ1n) is 7.85. The third kappa shape index (κ3) is 5.03. The molecule has 2 N–H and O–H groups in total. The van der Waals surface area contributed by atoms with Gasteiger partial charge in [0.2, 0.25) is 0 Å². The number of imidazole rings is 1. The zero-order chi connectivity index (χ0) is 19.3. The zero-order valence-electron chi connectivity index (χ0n) is 14.2. The van der Waals surface area contributed by atoms with E-state index < -0.39 is 11.9 Å². The SMILES string of the molecule is CN=C(NCc1ccnc(-n2ccnc2)c1)NCc1nc(C(F)(F)F)cs1. The van der Waals surface area contributed by atoms with Crippen LogP contribution in [0.1, 0.15) is 16.3 Å². The standard InChI is InChI=1S/C16H16F3N7S/c1-20-15(24-8-14-25-12(9-27-14)16(17,18)19)23-7-11-2-3-22-13(6-11)26-5-4-21-10-26/h2-6,9-10H,7-8H2,1H3,(H2,20,23,24). The average Bonchev–Trinajstić information content (AvgIpc) is 3.34. The molecule has 0 radical (unpaired) electrons. The van der Waals surface area contributed by atoms with Crippen molar-refractivity contribution >= 4 is 17.3 Å². The van der Waals surface area contributed by atoms with Crippen LogP contribution in [-0.2, 0) is 19.3 Å². The fourth-order valence-corrected chi connectivity index (χ4v) is 2.93. The molecule has 3 heterocycles. The number of hydrogen-bond donors (Lipinski definition) is 2. The van der Waals surface area contributed by atoms with Crippen LogP contribution in [0.5, 0.6) is 0 Å². The van der Waals surface area contributed by atoms with Crippen LogP contribution >= 0.6 is 11.3 Å². The number of aromatic nitrogens is 4. The summed E-state index contributed by atoms with van der Waals surface area (Å²) < 4.78 is 39.5. The van der Waals surface area contributed by atoms with Crippen molar-refractivity contribution < 1.29 is 13.2 Å². The third-order valence-corrected chi connectivity index (χ3v) is 4.36. The Morgan fingerprint density at radius 2 is 2.07 bits per heavy atom. The van der Waals surface area contributed by atoms with Crippen molar-refractivity contribution in [2.45, 2.75) is 19.3 Å². The molecule has 0 saturated heterocycles. The van der Waals surface area contributed by atoms with Gasteiger partial charge >= 0.3 is 6.18 Å². The molecule has 0 bridgehead atoms. The van der Waals surface area contributed by atoms with Gasteiger partial charge in [-0.05, 0) is 17.7 Å². The summed E-state index contributed by atoms with van der Waals surface area (Å²) in [6.07, 6.45) is 2.38. The van der Waals surface area contributed by atoms with Crippen molar-refractivity contribution in [1.82, 2.24) is 30.2 Å². The van der Waals surface area contributed by atoms with Gasteiger partial charge in [-0.2, -0.15) is 13.2 Å². The predicted molar refractivity (Wildman–Crippen MR) is 95.5 cm³/mol. The van der Waals surface area contributed by atoms with Crippen LogP contribution in [0.25, 0.3) is 5.82 Å². The highest BCUT2D eigenvalue weighted by atomic mass is 32.1. The van der Waals surface area contributed by atoms with Gasteiger partial charge in [-0.25, -0.2) is 15.0 Å². The molecule has 142 valence electrons. The Morgan fingerprint density at radius 1 is 1.26 bits per heavy atom. The van der Waals surface area contributed by atoms with E-state index in [1.54, 1.807) is 36.5 Å². The maximum Gasteiger partial charge on any atom is 0.434 e. The van der Waals surface area contributed by atoms with Crippen molar-refractivity contribution in [2.24, 2.45) is 4.99 Å². The van der Waals surface area contributed by atoms with Crippen LogP contribution < -0.4 is 10.6 Å². The highest BCUT2D eigenvalue weighted by molar-refractivity contribution is 7.09. The molecule has 0 amide bonds. The van der Waals surface area contributed by atoms with Crippen molar-refractivity contribution in [2.75, 3.05) is 7.05 Å². The minimum Gasteiger partial charge on any atom is -0.352 e. The molecule has 27 heavy (non-hydrogen) atoms. The molecule has 0 aliphatic heterocycles. The lowest BCUT2D eigenvalue weighted by molar-refractivity contribution is -0.140. The lowest BCUT2D eigenvalue weighted by Gasteiger charge is -2.11. The van der Waals surface area contributed by atoms with Gasteiger partial charge in [0.25, 0.3) is 0 Å². The Bertz CT molecular complexity index is 903. The Balaban J connectivity index is 1.55. The van der Waals surface area contributed by atoms with E-state index in [0.29, 0.717) is 17.5 Å². The second kappa shape index (κ2) is 8.16. The number of aliphatic imine (C=N–C) groups is 1. The smallest absolute Gasteiger partial charge is 0.352 e. The first kappa shape index (κ1) is 18.8. The highest BCUT2D eigenvalue weighted by Gasteiger charge is 2.33. The molecule has 0 spiro atoms. The van der Waals surface area contributed by atoms with Crippen molar-refractivity contribution in [3.63, 3.8) is 0 Å². The minimum absolute atomic E-state index is 0.150. The van der Waals surface area contributed by atoms with E-state index in [9.17, 15) is 13.2 Å². The first-order valence-corrected chi connectivity index (χ1v) is 8.73. The highest BCUT2D eigenvalue weighted by Crippen LogP contribution is 2.29. The van der Waals surface area contributed by atoms with E-state index in [4.69, 9.17) is 0 Å². The van der Waals surface area contributed by atoms with Gasteiger partial charge in [0.05, 0.1) is 6.54 Å². The van der Waals surface area contributed by atoms with Crippen LogP contribution in [0.15, 0.2) is 47.4 Å². The van der Waals surface area contributed by atoms with Crippen molar-refractivity contribution in [3.05, 3.63) is 58.7 Å². The van der Waals surface area contributed by atoms with Crippen LogP contribution in [0.2, 0.25) is 0 Å². The van der Waals surface area contributed by atoms with E-state index in [2.05, 4.69) is 30.6 Å². The second-order valence-corrected chi connectivity index (χ2v) is 6.34. The Labute approximate surface area is 157 Å². The average molecular weight is 395 g/mol. The zero-order valence-corrected chi connectivity index (χ0v) is 15.1. The fourth-order valence-electron chi connectivity index (χ4n) is 2.19. The lowest BCUT2D eigenvalue weighted by Crippen LogP contribution is -2.36. The summed E-state index contributed by atoms with van der Waals surface area (Å²) in [6, 6.07) is 3.76. The van der Waals surface area contributed by atoms with E-state index in [-0.39, 0.29) is 6.54 Å². The fraction of sp³-hybridized carbons (Fsp3) is 0.250. The van der Waals surface area contributed by atoms with Crippen molar-refractivity contribution in [3.8, 4) is 5.82 Å². The maximum absolute atomic E-state index is 12.6. The van der Waals surface area contributed by atoms with Gasteiger partial charge in [-0.1, -0.05) is 0 Å². The molecule has 7 nitrogen and oxygen atoms in total. The number of nitrogens with one attached hydrogen (secondary N) is 2. The molecule has 0 aromatic carbocycles. The molecular weight excluding hydrogens is 379 g/mol. The molecular formula is C16H16F3N7S. The largest absolute Gasteiger partial charge is 0.434 e. The normalized spacial score (nSPS) is 12.2. The summed E-state index contributed by atoms with van der Waals surface area (Å²) in [5.41, 5.74) is 0.0846. The van der Waals surface area contributed by atoms with Gasteiger partial charge in [0.1, 0.15) is 17.2 Å². The number of hydrogen-bond acceptors (Lipinski definition) is 5. The van der Waals surface area contributed by atoms with Crippen LogP contribution in [0.4, 0.5) is 13.2 Å². The monoisotopic (exact) mass is 395 g/mol. The molecule has 0 aliphatic carbocycles. The van der Waals surface area contributed by atoms with Gasteiger partial charge in [0, 0.05) is 37.6 Å². The molecule has 11 heteroatoms. The van der Waals surface area contributed by atoms with Gasteiger partial charge in [0.15, 0.2) is 11.7 Å². The van der Waals surface area contributed by atoms with E-state index in [1.165, 1.54) is 0 Å². The quantitative estimate of drug-likeness (QED) is 0.513. The minimum atomic E-state index is -4.43. The van der Waals surface area contributed by atoms with E-state index in [0.717, 1.165) is 28.1 Å². The van der Waals surface area contributed by atoms with Gasteiger partial charge in [-0.3, -0.25) is 9.56 Å². The number of halogens is 3. The molecule has 0 atom stereocenters. The lowest BCUT2D eigenvalue weighted by atomic mass is 10.2. The van der Waals surface area contributed by atoms with Crippen LogP contribution in [-0.4, -0.2) is 32.5 Å². The molecule has 3 rings (SSSR count). The summed E-state index contributed by atoms with van der Waals surface area (Å²) in [6.45, 7) is 0.618. The Morgan fingerprint density at radius 3 is 2.74 bits per heavy atom. The number of alkyl halides is 3. The molecule has 0 saturated carbocycles. The molecule has 3 aromatic heterocycles. The van der Waals surface area contributed by atoms with Gasteiger partial charge in [-0.15, -0.1) is 11.3 Å². The number of rotatable bonds is 5. The maximum atomic E-state index is 12.6. The summed E-state index contributed by atoms with van der Waals surface area (Å²) in [4.78, 5) is 15.9. The number of nitrogens with zero attached hydrogens (tertiary/aromatic N) is 5. The number of pyridine rings is 1. The van der Waals surface area contributed by atoms with E-state index in [1.807, 2.05) is 12.1 Å². The number of guanidine groups is 1. The summed E-state index contributed by atoms with van der Waals surface area (Å²) >= 11 is 0.950. The first-order chi connectivity index (χ1) is 13.0. The molecule has 0 unspecified atom stereocenters. The second-order valence-electron chi connectivity index (χ2n) is 5.40. The van der Waals surface area contributed by atoms with E-state index >= 15 is 0 Å². The molecule has 0 fully saturated rings. The topological polar surface area (TPSA) is 80.0 Å². The van der Waals surface area contributed by atoms with Crippen LogP contribution in [0, 0.1) is 0 Å².